The van der Waals surface area contributed by atoms with Gasteiger partial charge < -0.3 is 4.57 Å². The molecular weight excluding hydrogens is 259 g/mol. The Labute approximate surface area is 107 Å². The van der Waals surface area contributed by atoms with Crippen molar-refractivity contribution in [2.24, 2.45) is 0 Å². The van der Waals surface area contributed by atoms with E-state index in [9.17, 15) is 0 Å². The molecule has 0 unspecified atom stereocenters. The SMILES string of the molecule is Clc1nc(Cl)c2c(ccn2-c2cccnc2)n1. The highest BCUT2D eigenvalue weighted by Crippen LogP contribution is 2.25. The van der Waals surface area contributed by atoms with Gasteiger partial charge in [-0.1, -0.05) is 11.6 Å². The molecule has 0 aliphatic heterocycles. The van der Waals surface area contributed by atoms with Crippen molar-refractivity contribution >= 4 is 34.2 Å². The van der Waals surface area contributed by atoms with E-state index >= 15 is 0 Å². The fourth-order valence-electron chi connectivity index (χ4n) is 1.69. The van der Waals surface area contributed by atoms with Gasteiger partial charge in [-0.15, -0.1) is 0 Å². The van der Waals surface area contributed by atoms with Crippen LogP contribution in [0.15, 0.2) is 36.8 Å². The van der Waals surface area contributed by atoms with Crippen LogP contribution in [0.1, 0.15) is 0 Å². The molecule has 0 aromatic carbocycles. The molecule has 3 rings (SSSR count). The number of rotatable bonds is 1. The molecule has 3 heterocycles. The molecule has 0 radical (unpaired) electrons. The number of fused-ring (bicyclic) bond motifs is 1. The van der Waals surface area contributed by atoms with Crippen LogP contribution in [0.3, 0.4) is 0 Å². The minimum Gasteiger partial charge on any atom is -0.311 e. The molecule has 0 amide bonds. The molecule has 6 heteroatoms. The Kier molecular flexibility index (Phi) is 2.46. The highest BCUT2D eigenvalue weighted by atomic mass is 35.5. The first-order valence-corrected chi connectivity index (χ1v) is 5.62. The first-order valence-electron chi connectivity index (χ1n) is 4.86. The van der Waals surface area contributed by atoms with E-state index in [0.717, 1.165) is 11.2 Å². The molecule has 0 fully saturated rings. The summed E-state index contributed by atoms with van der Waals surface area (Å²) in [6.45, 7) is 0. The molecule has 0 atom stereocenters. The Morgan fingerprint density at radius 2 is 2.00 bits per heavy atom. The molecule has 4 nitrogen and oxygen atoms in total. The van der Waals surface area contributed by atoms with Crippen LogP contribution in [-0.4, -0.2) is 19.5 Å². The lowest BCUT2D eigenvalue weighted by Crippen LogP contribution is -1.95. The van der Waals surface area contributed by atoms with Gasteiger partial charge >= 0.3 is 0 Å². The van der Waals surface area contributed by atoms with Gasteiger partial charge in [0.15, 0.2) is 5.15 Å². The van der Waals surface area contributed by atoms with Crippen LogP contribution >= 0.6 is 23.2 Å². The molecule has 0 aliphatic carbocycles. The summed E-state index contributed by atoms with van der Waals surface area (Å²) in [5, 5.41) is 0.472. The zero-order chi connectivity index (χ0) is 11.8. The Balaban J connectivity index is 2.32. The Bertz CT molecular complexity index is 679. The second kappa shape index (κ2) is 3.98. The molecule has 0 saturated heterocycles. The van der Waals surface area contributed by atoms with Gasteiger partial charge in [-0.2, -0.15) is 0 Å². The van der Waals surface area contributed by atoms with E-state index < -0.39 is 0 Å². The Morgan fingerprint density at radius 1 is 1.12 bits per heavy atom. The second-order valence-electron chi connectivity index (χ2n) is 3.41. The predicted octanol–water partition coefficient (Wildman–Crippen LogP) is 3.12. The van der Waals surface area contributed by atoms with Gasteiger partial charge in [0.1, 0.15) is 5.52 Å². The van der Waals surface area contributed by atoms with E-state index in [1.165, 1.54) is 0 Å². The van der Waals surface area contributed by atoms with Crippen molar-refractivity contribution in [1.29, 1.82) is 0 Å². The van der Waals surface area contributed by atoms with Crippen LogP contribution in [0.4, 0.5) is 0 Å². The van der Waals surface area contributed by atoms with Crippen molar-refractivity contribution in [3.05, 3.63) is 47.2 Å². The summed E-state index contributed by atoms with van der Waals surface area (Å²) in [5.41, 5.74) is 2.33. The van der Waals surface area contributed by atoms with Crippen LogP contribution in [0.5, 0.6) is 0 Å². The first kappa shape index (κ1) is 10.5. The number of nitrogens with zero attached hydrogens (tertiary/aromatic N) is 4. The van der Waals surface area contributed by atoms with Crippen molar-refractivity contribution in [3.63, 3.8) is 0 Å². The zero-order valence-electron chi connectivity index (χ0n) is 8.51. The maximum Gasteiger partial charge on any atom is 0.224 e. The van der Waals surface area contributed by atoms with E-state index in [2.05, 4.69) is 15.0 Å². The summed E-state index contributed by atoms with van der Waals surface area (Å²) in [6, 6.07) is 5.62. The molecule has 0 spiro atoms. The Morgan fingerprint density at radius 3 is 2.76 bits per heavy atom. The average Bonchev–Trinajstić information content (AvgIpc) is 2.74. The third-order valence-electron chi connectivity index (χ3n) is 2.39. The standard InChI is InChI=1S/C11H6Cl2N4/c12-10-9-8(15-11(13)16-10)3-5-17(9)7-2-1-4-14-6-7/h1-6H. The van der Waals surface area contributed by atoms with Crippen molar-refractivity contribution in [2.45, 2.75) is 0 Å². The number of aromatic nitrogens is 4. The molecule has 0 N–H and O–H groups in total. The van der Waals surface area contributed by atoms with E-state index in [0.29, 0.717) is 10.7 Å². The van der Waals surface area contributed by atoms with Gasteiger partial charge in [0, 0.05) is 12.4 Å². The molecule has 0 bridgehead atoms. The van der Waals surface area contributed by atoms with Gasteiger partial charge in [0.05, 0.1) is 17.4 Å². The fraction of sp³-hybridized carbons (Fsp3) is 0. The lowest BCUT2D eigenvalue weighted by molar-refractivity contribution is 1.09. The molecular formula is C11H6Cl2N4. The normalized spacial score (nSPS) is 10.9. The largest absolute Gasteiger partial charge is 0.311 e. The highest BCUT2D eigenvalue weighted by molar-refractivity contribution is 6.35. The summed E-state index contributed by atoms with van der Waals surface area (Å²) >= 11 is 11.8. The van der Waals surface area contributed by atoms with E-state index in [1.807, 2.05) is 29.0 Å². The maximum absolute atomic E-state index is 6.08. The lowest BCUT2D eigenvalue weighted by atomic mass is 10.4. The quantitative estimate of drug-likeness (QED) is 0.501. The predicted molar refractivity (Wildman–Crippen MR) is 66.7 cm³/mol. The average molecular weight is 265 g/mol. The molecule has 3 aromatic rings. The van der Waals surface area contributed by atoms with E-state index in [-0.39, 0.29) is 5.28 Å². The molecule has 0 aliphatic rings. The van der Waals surface area contributed by atoms with Gasteiger partial charge in [-0.3, -0.25) is 4.98 Å². The molecule has 3 aromatic heterocycles. The van der Waals surface area contributed by atoms with Crippen LogP contribution in [0, 0.1) is 0 Å². The monoisotopic (exact) mass is 264 g/mol. The highest BCUT2D eigenvalue weighted by Gasteiger charge is 2.10. The van der Waals surface area contributed by atoms with Crippen LogP contribution < -0.4 is 0 Å². The minimum atomic E-state index is 0.145. The third kappa shape index (κ3) is 1.75. The summed E-state index contributed by atoms with van der Waals surface area (Å²) in [5.74, 6) is 0. The van der Waals surface area contributed by atoms with Crippen molar-refractivity contribution in [1.82, 2.24) is 19.5 Å². The van der Waals surface area contributed by atoms with Crippen molar-refractivity contribution in [3.8, 4) is 5.69 Å². The lowest BCUT2D eigenvalue weighted by Gasteiger charge is -2.05. The van der Waals surface area contributed by atoms with Crippen LogP contribution in [-0.2, 0) is 0 Å². The number of pyridine rings is 1. The van der Waals surface area contributed by atoms with Gasteiger partial charge in [0.25, 0.3) is 0 Å². The summed E-state index contributed by atoms with van der Waals surface area (Å²) < 4.78 is 1.88. The fourth-order valence-corrected chi connectivity index (χ4v) is 2.17. The smallest absolute Gasteiger partial charge is 0.224 e. The molecule has 0 saturated carbocycles. The third-order valence-corrected chi connectivity index (χ3v) is 2.82. The molecule has 84 valence electrons. The summed E-state index contributed by atoms with van der Waals surface area (Å²) in [4.78, 5) is 12.1. The second-order valence-corrected chi connectivity index (χ2v) is 4.11. The Hall–Kier alpha value is -1.65. The minimum absolute atomic E-state index is 0.145. The van der Waals surface area contributed by atoms with Gasteiger partial charge in [-0.05, 0) is 29.8 Å². The van der Waals surface area contributed by atoms with Crippen molar-refractivity contribution < 1.29 is 0 Å². The molecule has 17 heavy (non-hydrogen) atoms. The number of halogens is 2. The number of hydrogen-bond acceptors (Lipinski definition) is 3. The van der Waals surface area contributed by atoms with Gasteiger partial charge in [0.2, 0.25) is 5.28 Å². The van der Waals surface area contributed by atoms with Crippen molar-refractivity contribution in [2.75, 3.05) is 0 Å². The van der Waals surface area contributed by atoms with Gasteiger partial charge in [-0.25, -0.2) is 9.97 Å². The van der Waals surface area contributed by atoms with Crippen LogP contribution in [0.2, 0.25) is 10.4 Å². The maximum atomic E-state index is 6.08. The van der Waals surface area contributed by atoms with E-state index in [1.54, 1.807) is 12.4 Å². The number of hydrogen-bond donors (Lipinski definition) is 0. The topological polar surface area (TPSA) is 43.6 Å². The zero-order valence-corrected chi connectivity index (χ0v) is 10.0. The van der Waals surface area contributed by atoms with E-state index in [4.69, 9.17) is 23.2 Å². The van der Waals surface area contributed by atoms with Crippen LogP contribution in [0.25, 0.3) is 16.7 Å². The first-order chi connectivity index (χ1) is 8.25. The summed E-state index contributed by atoms with van der Waals surface area (Å²) in [6.07, 6.45) is 5.31. The summed E-state index contributed by atoms with van der Waals surface area (Å²) in [7, 11) is 0.